The molecule has 2 heterocycles. The standard InChI is InChI=1S/C22H22N4O6/c27-19(21(28)29)20(22(30)31)32-16-11-14(12-25-17-5-1-3-9-23-17)7-8-15(16)13-26-18-6-2-4-10-24-18/h1-11,19-20,27H,12-13H2,(H,23,25)(H,24,26)(H,28,29)(H,30,31)/t19-,20-/m1/s1. The second-order valence-corrected chi connectivity index (χ2v) is 6.74. The van der Waals surface area contributed by atoms with Crippen molar-refractivity contribution < 1.29 is 29.6 Å². The van der Waals surface area contributed by atoms with Crippen LogP contribution in [0.2, 0.25) is 0 Å². The van der Waals surface area contributed by atoms with E-state index in [1.54, 1.807) is 48.8 Å². The molecule has 5 N–H and O–H groups in total. The number of aliphatic carboxylic acids is 2. The third-order valence-corrected chi connectivity index (χ3v) is 4.43. The molecule has 0 amide bonds. The highest BCUT2D eigenvalue weighted by molar-refractivity contribution is 5.83. The van der Waals surface area contributed by atoms with Crippen molar-refractivity contribution in [1.82, 2.24) is 9.97 Å². The van der Waals surface area contributed by atoms with E-state index >= 15 is 0 Å². The van der Waals surface area contributed by atoms with Crippen LogP contribution in [0.25, 0.3) is 0 Å². The zero-order valence-electron chi connectivity index (χ0n) is 16.9. The van der Waals surface area contributed by atoms with Gasteiger partial charge in [-0.2, -0.15) is 0 Å². The molecule has 2 aromatic heterocycles. The van der Waals surface area contributed by atoms with E-state index in [1.807, 2.05) is 18.2 Å². The summed E-state index contributed by atoms with van der Waals surface area (Å²) in [5.74, 6) is -1.92. The number of nitrogens with zero attached hydrogens (tertiary/aromatic N) is 2. The van der Waals surface area contributed by atoms with E-state index in [0.29, 0.717) is 23.7 Å². The van der Waals surface area contributed by atoms with Crippen LogP contribution in [-0.2, 0) is 22.7 Å². The number of aliphatic hydroxyl groups excluding tert-OH is 1. The molecule has 0 bridgehead atoms. The first-order valence-electron chi connectivity index (χ1n) is 9.66. The number of anilines is 2. The van der Waals surface area contributed by atoms with E-state index in [4.69, 9.17) is 9.84 Å². The van der Waals surface area contributed by atoms with Crippen molar-refractivity contribution in [2.24, 2.45) is 0 Å². The zero-order chi connectivity index (χ0) is 22.9. The Morgan fingerprint density at radius 2 is 1.50 bits per heavy atom. The van der Waals surface area contributed by atoms with Crippen LogP contribution in [0, 0.1) is 0 Å². The van der Waals surface area contributed by atoms with Gasteiger partial charge in [-0.05, 0) is 35.9 Å². The summed E-state index contributed by atoms with van der Waals surface area (Å²) in [7, 11) is 0. The molecule has 0 radical (unpaired) electrons. The highest BCUT2D eigenvalue weighted by Crippen LogP contribution is 2.24. The fourth-order valence-electron chi connectivity index (χ4n) is 2.79. The Morgan fingerprint density at radius 1 is 0.875 bits per heavy atom. The molecule has 0 fully saturated rings. The van der Waals surface area contributed by atoms with Crippen LogP contribution in [0.1, 0.15) is 11.1 Å². The van der Waals surface area contributed by atoms with Crippen molar-refractivity contribution >= 4 is 23.6 Å². The summed E-state index contributed by atoms with van der Waals surface area (Å²) in [6.07, 6.45) is -0.955. The molecule has 0 saturated heterocycles. The van der Waals surface area contributed by atoms with Crippen LogP contribution < -0.4 is 15.4 Å². The van der Waals surface area contributed by atoms with E-state index in [9.17, 15) is 19.8 Å². The van der Waals surface area contributed by atoms with Crippen LogP contribution >= 0.6 is 0 Å². The summed E-state index contributed by atoms with van der Waals surface area (Å²) in [5, 5.41) is 34.4. The Kier molecular flexibility index (Phi) is 7.55. The molecule has 10 heteroatoms. The molecule has 3 rings (SSSR count). The SMILES string of the molecule is O=C(O)[C@H](O)[C@@H](Oc1cc(CNc2ccccn2)ccc1CNc1ccccn1)C(=O)O. The van der Waals surface area contributed by atoms with Crippen LogP contribution in [0.15, 0.2) is 67.0 Å². The van der Waals surface area contributed by atoms with E-state index in [0.717, 1.165) is 5.56 Å². The van der Waals surface area contributed by atoms with Gasteiger partial charge in [0, 0.05) is 31.0 Å². The topological polar surface area (TPSA) is 154 Å². The number of carboxylic acid groups (broad SMARTS) is 2. The molecular weight excluding hydrogens is 416 g/mol. The lowest BCUT2D eigenvalue weighted by Gasteiger charge is -2.21. The summed E-state index contributed by atoms with van der Waals surface area (Å²) in [6, 6.07) is 15.9. The highest BCUT2D eigenvalue weighted by Gasteiger charge is 2.34. The molecule has 166 valence electrons. The lowest BCUT2D eigenvalue weighted by atomic mass is 10.1. The molecule has 32 heavy (non-hydrogen) atoms. The van der Waals surface area contributed by atoms with Gasteiger partial charge in [0.05, 0.1) is 0 Å². The maximum atomic E-state index is 11.5. The molecule has 0 saturated carbocycles. The van der Waals surface area contributed by atoms with Crippen molar-refractivity contribution in [1.29, 1.82) is 0 Å². The van der Waals surface area contributed by atoms with Gasteiger partial charge in [-0.1, -0.05) is 24.3 Å². The van der Waals surface area contributed by atoms with Crippen molar-refractivity contribution in [3.63, 3.8) is 0 Å². The average Bonchev–Trinajstić information content (AvgIpc) is 2.81. The summed E-state index contributed by atoms with van der Waals surface area (Å²) >= 11 is 0. The first-order chi connectivity index (χ1) is 15.4. The lowest BCUT2D eigenvalue weighted by Crippen LogP contribution is -2.44. The number of hydrogen-bond acceptors (Lipinski definition) is 8. The van der Waals surface area contributed by atoms with E-state index in [1.165, 1.54) is 0 Å². The number of aromatic nitrogens is 2. The van der Waals surface area contributed by atoms with Crippen molar-refractivity contribution in [2.45, 2.75) is 25.3 Å². The summed E-state index contributed by atoms with van der Waals surface area (Å²) in [5.41, 5.74) is 1.29. The maximum absolute atomic E-state index is 11.5. The number of ether oxygens (including phenoxy) is 1. The monoisotopic (exact) mass is 438 g/mol. The van der Waals surface area contributed by atoms with Gasteiger partial charge in [-0.3, -0.25) is 0 Å². The van der Waals surface area contributed by atoms with Crippen LogP contribution in [0.5, 0.6) is 5.75 Å². The van der Waals surface area contributed by atoms with Crippen LogP contribution in [0.4, 0.5) is 11.6 Å². The Balaban J connectivity index is 1.83. The summed E-state index contributed by atoms with van der Waals surface area (Å²) < 4.78 is 5.48. The largest absolute Gasteiger partial charge is 0.479 e. The number of carboxylic acids is 2. The van der Waals surface area contributed by atoms with Crippen LogP contribution in [-0.4, -0.2) is 49.4 Å². The second-order valence-electron chi connectivity index (χ2n) is 6.74. The molecule has 0 spiro atoms. The molecular formula is C22H22N4O6. The zero-order valence-corrected chi connectivity index (χ0v) is 16.9. The minimum atomic E-state index is -2.24. The van der Waals surface area contributed by atoms with Gasteiger partial charge in [0.2, 0.25) is 6.10 Å². The highest BCUT2D eigenvalue weighted by atomic mass is 16.5. The number of pyridine rings is 2. The predicted molar refractivity (Wildman–Crippen MR) is 115 cm³/mol. The van der Waals surface area contributed by atoms with Gasteiger partial charge in [-0.25, -0.2) is 19.6 Å². The Bertz CT molecular complexity index is 1050. The molecule has 0 aliphatic heterocycles. The Morgan fingerprint density at radius 3 is 2.03 bits per heavy atom. The van der Waals surface area contributed by atoms with E-state index < -0.39 is 24.1 Å². The molecule has 2 atom stereocenters. The third-order valence-electron chi connectivity index (χ3n) is 4.43. The Hall–Kier alpha value is -4.18. The number of rotatable bonds is 11. The number of aliphatic hydroxyl groups is 1. The quantitative estimate of drug-likeness (QED) is 0.300. The van der Waals surface area contributed by atoms with Crippen molar-refractivity contribution in [3.8, 4) is 5.75 Å². The Labute approximate surface area is 183 Å². The first kappa shape index (κ1) is 22.5. The van der Waals surface area contributed by atoms with Gasteiger partial charge in [0.25, 0.3) is 0 Å². The minimum absolute atomic E-state index is 0.126. The van der Waals surface area contributed by atoms with Gasteiger partial charge >= 0.3 is 11.9 Å². The summed E-state index contributed by atoms with van der Waals surface area (Å²) in [4.78, 5) is 31.0. The van der Waals surface area contributed by atoms with Gasteiger partial charge < -0.3 is 30.7 Å². The molecule has 3 aromatic rings. The molecule has 0 unspecified atom stereocenters. The molecule has 0 aliphatic carbocycles. The second kappa shape index (κ2) is 10.7. The molecule has 10 nitrogen and oxygen atoms in total. The number of carbonyl (C=O) groups is 2. The van der Waals surface area contributed by atoms with Crippen molar-refractivity contribution in [3.05, 3.63) is 78.1 Å². The lowest BCUT2D eigenvalue weighted by molar-refractivity contribution is -0.163. The third kappa shape index (κ3) is 6.16. The van der Waals surface area contributed by atoms with E-state index in [-0.39, 0.29) is 12.3 Å². The van der Waals surface area contributed by atoms with Crippen molar-refractivity contribution in [2.75, 3.05) is 10.6 Å². The van der Waals surface area contributed by atoms with Gasteiger partial charge in [-0.15, -0.1) is 0 Å². The fourth-order valence-corrected chi connectivity index (χ4v) is 2.79. The normalized spacial score (nSPS) is 12.4. The number of nitrogens with one attached hydrogen (secondary N) is 2. The van der Waals surface area contributed by atoms with Gasteiger partial charge in [0.15, 0.2) is 6.10 Å². The number of hydrogen-bond donors (Lipinski definition) is 5. The maximum Gasteiger partial charge on any atom is 0.348 e. The fraction of sp³-hybridized carbons (Fsp3) is 0.182. The summed E-state index contributed by atoms with van der Waals surface area (Å²) in [6.45, 7) is 0.594. The van der Waals surface area contributed by atoms with Crippen LogP contribution in [0.3, 0.4) is 0 Å². The minimum Gasteiger partial charge on any atom is -0.479 e. The predicted octanol–water partition coefficient (Wildman–Crippen LogP) is 1.98. The number of benzene rings is 1. The smallest absolute Gasteiger partial charge is 0.348 e. The average molecular weight is 438 g/mol. The molecule has 1 aromatic carbocycles. The van der Waals surface area contributed by atoms with E-state index in [2.05, 4.69) is 20.6 Å². The first-order valence-corrected chi connectivity index (χ1v) is 9.66. The molecule has 0 aliphatic rings. The van der Waals surface area contributed by atoms with Gasteiger partial charge in [0.1, 0.15) is 17.4 Å².